The Morgan fingerprint density at radius 2 is 1.82 bits per heavy atom. The summed E-state index contributed by atoms with van der Waals surface area (Å²) in [5.41, 5.74) is -0.104. The second kappa shape index (κ2) is 5.31. The molecule has 3 aliphatic carbocycles. The summed E-state index contributed by atoms with van der Waals surface area (Å²) >= 11 is 0. The highest BCUT2D eigenvalue weighted by Crippen LogP contribution is 2.67. The molecule has 3 fully saturated rings. The lowest BCUT2D eigenvalue weighted by Crippen LogP contribution is -2.60. The normalized spacial score (nSPS) is 55.5. The van der Waals surface area contributed by atoms with E-state index in [1.54, 1.807) is 7.11 Å². The monoisotopic (exact) mass is 308 g/mol. The van der Waals surface area contributed by atoms with Crippen molar-refractivity contribution in [3.8, 4) is 0 Å². The van der Waals surface area contributed by atoms with Crippen LogP contribution >= 0.6 is 0 Å². The van der Waals surface area contributed by atoms with Crippen molar-refractivity contribution in [3.63, 3.8) is 0 Å². The van der Waals surface area contributed by atoms with Crippen LogP contribution in [-0.4, -0.2) is 30.2 Å². The standard InChI is InChI=1S/C19H32O3/c1-11-10-15(20)18(4)12(2)6-8-19(13(3)16(11)21)9-7-14(22-5)17(18)19/h11-15,17,20H,6-10H2,1-5H3/t11-,12+,13-,14+,15+,17+,18-,19-/m0/s1. The minimum absolute atomic E-state index is 0.0333. The molecule has 0 aromatic heterocycles. The predicted molar refractivity (Wildman–Crippen MR) is 86.4 cm³/mol. The number of ketones is 1. The fourth-order valence-electron chi connectivity index (χ4n) is 6.41. The summed E-state index contributed by atoms with van der Waals surface area (Å²) in [5.74, 6) is 1.19. The third kappa shape index (κ3) is 1.91. The van der Waals surface area contributed by atoms with Gasteiger partial charge in [-0.25, -0.2) is 0 Å². The first-order chi connectivity index (χ1) is 10.3. The van der Waals surface area contributed by atoms with Crippen LogP contribution in [0.15, 0.2) is 0 Å². The molecular formula is C19H32O3. The first kappa shape index (κ1) is 16.4. The van der Waals surface area contributed by atoms with Crippen LogP contribution in [0, 0.1) is 34.5 Å². The average molecular weight is 308 g/mol. The zero-order chi connectivity index (χ0) is 16.3. The lowest BCUT2D eigenvalue weighted by atomic mass is 9.45. The van der Waals surface area contributed by atoms with Crippen LogP contribution in [0.5, 0.6) is 0 Å². The Balaban J connectivity index is 2.16. The Labute approximate surface area is 134 Å². The largest absolute Gasteiger partial charge is 0.393 e. The first-order valence-corrected chi connectivity index (χ1v) is 9.03. The lowest BCUT2D eigenvalue weighted by Gasteiger charge is -2.60. The number of rotatable bonds is 1. The van der Waals surface area contributed by atoms with Gasteiger partial charge in [-0.05, 0) is 49.4 Å². The van der Waals surface area contributed by atoms with Crippen LogP contribution in [0.4, 0.5) is 0 Å². The minimum Gasteiger partial charge on any atom is -0.393 e. The number of carbonyl (C=O) groups excluding carboxylic acids is 1. The molecule has 3 saturated carbocycles. The molecule has 0 unspecified atom stereocenters. The van der Waals surface area contributed by atoms with Gasteiger partial charge in [0.2, 0.25) is 0 Å². The van der Waals surface area contributed by atoms with Gasteiger partial charge in [-0.2, -0.15) is 0 Å². The van der Waals surface area contributed by atoms with Gasteiger partial charge in [-0.15, -0.1) is 0 Å². The summed E-state index contributed by atoms with van der Waals surface area (Å²) < 4.78 is 5.86. The van der Waals surface area contributed by atoms with Crippen LogP contribution < -0.4 is 0 Å². The topological polar surface area (TPSA) is 46.5 Å². The van der Waals surface area contributed by atoms with E-state index < -0.39 is 6.10 Å². The molecule has 0 heterocycles. The van der Waals surface area contributed by atoms with Crippen molar-refractivity contribution >= 4 is 5.78 Å². The van der Waals surface area contributed by atoms with Gasteiger partial charge in [0.1, 0.15) is 5.78 Å². The zero-order valence-corrected chi connectivity index (χ0v) is 14.8. The van der Waals surface area contributed by atoms with Gasteiger partial charge < -0.3 is 9.84 Å². The maximum atomic E-state index is 12.9. The van der Waals surface area contributed by atoms with Gasteiger partial charge in [-0.1, -0.05) is 27.7 Å². The van der Waals surface area contributed by atoms with E-state index in [0.717, 1.165) is 25.7 Å². The molecule has 2 bridgehead atoms. The summed E-state index contributed by atoms with van der Waals surface area (Å²) in [6.07, 6.45) is 4.72. The Kier molecular flexibility index (Phi) is 3.97. The van der Waals surface area contributed by atoms with Gasteiger partial charge in [0, 0.05) is 24.4 Å². The van der Waals surface area contributed by atoms with Crippen molar-refractivity contribution in [3.05, 3.63) is 0 Å². The van der Waals surface area contributed by atoms with Crippen molar-refractivity contribution in [2.45, 2.75) is 72.0 Å². The third-order valence-corrected chi connectivity index (χ3v) is 8.03. The fraction of sp³-hybridized carbons (Fsp3) is 0.947. The molecule has 0 aromatic carbocycles. The molecule has 22 heavy (non-hydrogen) atoms. The number of methoxy groups -OCH3 is 1. The molecule has 3 heteroatoms. The molecule has 8 atom stereocenters. The highest BCUT2D eigenvalue weighted by molar-refractivity contribution is 5.84. The number of aliphatic hydroxyl groups excluding tert-OH is 1. The Bertz CT molecular complexity index is 462. The smallest absolute Gasteiger partial charge is 0.139 e. The van der Waals surface area contributed by atoms with Crippen LogP contribution in [0.2, 0.25) is 0 Å². The first-order valence-electron chi connectivity index (χ1n) is 9.03. The number of aliphatic hydroxyl groups is 1. The molecule has 0 amide bonds. The van der Waals surface area contributed by atoms with E-state index in [9.17, 15) is 9.90 Å². The van der Waals surface area contributed by atoms with Crippen LogP contribution in [0.3, 0.4) is 0 Å². The van der Waals surface area contributed by atoms with Gasteiger partial charge in [0.05, 0.1) is 12.2 Å². The van der Waals surface area contributed by atoms with E-state index in [1.165, 1.54) is 0 Å². The number of ether oxygens (including phenoxy) is 1. The predicted octanol–water partition coefficient (Wildman–Crippen LogP) is 3.44. The van der Waals surface area contributed by atoms with Crippen LogP contribution in [-0.2, 0) is 9.53 Å². The SMILES string of the molecule is CO[C@@H]1CC[C@@]23CC[C@@H](C)[C@@](C)([C@H](O)C[C@H](C)C(=O)[C@@H]2C)[C@@H]13. The molecule has 3 rings (SSSR count). The third-order valence-electron chi connectivity index (χ3n) is 8.03. The van der Waals surface area contributed by atoms with E-state index in [0.29, 0.717) is 24.0 Å². The second-order valence-corrected chi connectivity index (χ2v) is 8.61. The summed E-state index contributed by atoms with van der Waals surface area (Å²) in [5, 5.41) is 11.1. The number of hydrogen-bond acceptors (Lipinski definition) is 3. The van der Waals surface area contributed by atoms with Crippen molar-refractivity contribution in [2.24, 2.45) is 34.5 Å². The molecule has 1 N–H and O–H groups in total. The number of Topliss-reactive ketones (excluding diaryl/α,β-unsaturated/α-hetero) is 1. The summed E-state index contributed by atoms with van der Waals surface area (Å²) in [6.45, 7) is 8.72. The van der Waals surface area contributed by atoms with E-state index in [-0.39, 0.29) is 28.8 Å². The minimum atomic E-state index is -0.408. The summed E-state index contributed by atoms with van der Waals surface area (Å²) in [4.78, 5) is 12.9. The molecule has 0 aliphatic heterocycles. The highest BCUT2D eigenvalue weighted by atomic mass is 16.5. The fourth-order valence-corrected chi connectivity index (χ4v) is 6.41. The maximum absolute atomic E-state index is 12.9. The molecule has 0 saturated heterocycles. The van der Waals surface area contributed by atoms with E-state index >= 15 is 0 Å². The van der Waals surface area contributed by atoms with Gasteiger partial charge in [-0.3, -0.25) is 4.79 Å². The molecular weight excluding hydrogens is 276 g/mol. The second-order valence-electron chi connectivity index (χ2n) is 8.61. The number of carbonyl (C=O) groups is 1. The molecule has 0 radical (unpaired) electrons. The van der Waals surface area contributed by atoms with Gasteiger partial charge in [0.25, 0.3) is 0 Å². The van der Waals surface area contributed by atoms with Crippen LogP contribution in [0.1, 0.15) is 59.8 Å². The van der Waals surface area contributed by atoms with Crippen molar-refractivity contribution in [1.29, 1.82) is 0 Å². The van der Waals surface area contributed by atoms with Gasteiger partial charge in [0.15, 0.2) is 0 Å². The molecule has 3 aliphatic rings. The highest BCUT2D eigenvalue weighted by Gasteiger charge is 2.66. The van der Waals surface area contributed by atoms with Crippen LogP contribution in [0.25, 0.3) is 0 Å². The molecule has 3 nitrogen and oxygen atoms in total. The number of hydrogen-bond donors (Lipinski definition) is 1. The quantitative estimate of drug-likeness (QED) is 0.807. The molecule has 0 aromatic rings. The van der Waals surface area contributed by atoms with Crippen molar-refractivity contribution in [1.82, 2.24) is 0 Å². The van der Waals surface area contributed by atoms with Gasteiger partial charge >= 0.3 is 0 Å². The Morgan fingerprint density at radius 3 is 2.45 bits per heavy atom. The Hall–Kier alpha value is -0.410. The summed E-state index contributed by atoms with van der Waals surface area (Å²) in [6, 6.07) is 0. The summed E-state index contributed by atoms with van der Waals surface area (Å²) in [7, 11) is 1.80. The van der Waals surface area contributed by atoms with E-state index in [2.05, 4.69) is 20.8 Å². The van der Waals surface area contributed by atoms with E-state index in [4.69, 9.17) is 4.74 Å². The zero-order valence-electron chi connectivity index (χ0n) is 14.8. The van der Waals surface area contributed by atoms with Crippen molar-refractivity contribution in [2.75, 3.05) is 7.11 Å². The maximum Gasteiger partial charge on any atom is 0.139 e. The van der Waals surface area contributed by atoms with Crippen molar-refractivity contribution < 1.29 is 14.6 Å². The van der Waals surface area contributed by atoms with E-state index in [1.807, 2.05) is 6.92 Å². The molecule has 0 spiro atoms. The molecule has 126 valence electrons. The Morgan fingerprint density at radius 1 is 1.18 bits per heavy atom. The average Bonchev–Trinajstić information content (AvgIpc) is 2.89. The lowest BCUT2D eigenvalue weighted by molar-refractivity contribution is -0.184.